The van der Waals surface area contributed by atoms with Crippen molar-refractivity contribution in [2.45, 2.75) is 38.8 Å². The fourth-order valence-electron chi connectivity index (χ4n) is 0.986. The SMILES string of the molecule is CC(C)C[C@H]([NH-])[C@@H](O)CC(=O)O.[Os+]. The van der Waals surface area contributed by atoms with Gasteiger partial charge in [-0.1, -0.05) is 20.3 Å². The molecule has 0 aliphatic heterocycles. The molecule has 0 spiro atoms. The van der Waals surface area contributed by atoms with Crippen molar-refractivity contribution >= 4 is 5.97 Å². The van der Waals surface area contributed by atoms with Crippen molar-refractivity contribution in [1.82, 2.24) is 0 Å². The molecule has 0 bridgehead atoms. The van der Waals surface area contributed by atoms with Gasteiger partial charge in [-0.2, -0.15) is 0 Å². The van der Waals surface area contributed by atoms with E-state index in [0.717, 1.165) is 0 Å². The summed E-state index contributed by atoms with van der Waals surface area (Å²) in [4.78, 5) is 10.2. The minimum Gasteiger partial charge on any atom is -0.673 e. The van der Waals surface area contributed by atoms with Crippen molar-refractivity contribution < 1.29 is 34.8 Å². The smallest absolute Gasteiger partial charge is 0.673 e. The zero-order chi connectivity index (χ0) is 9.72. The van der Waals surface area contributed by atoms with Crippen LogP contribution in [0.15, 0.2) is 0 Å². The summed E-state index contributed by atoms with van der Waals surface area (Å²) < 4.78 is 0. The zero-order valence-corrected chi connectivity index (χ0v) is 10.3. The molecule has 0 saturated heterocycles. The third-order valence-electron chi connectivity index (χ3n) is 1.57. The number of carboxylic acid groups (broad SMARTS) is 1. The largest absolute Gasteiger partial charge is 1.00 e. The monoisotopic (exact) mass is 366 g/mol. The number of aliphatic hydroxyl groups excluding tert-OH is 1. The van der Waals surface area contributed by atoms with Gasteiger partial charge in [-0.05, 0) is 5.92 Å². The maximum absolute atomic E-state index is 10.2. The molecular formula is C8H16NO3Os. The van der Waals surface area contributed by atoms with Gasteiger partial charge >= 0.3 is 25.8 Å². The molecule has 0 fully saturated rings. The van der Waals surface area contributed by atoms with E-state index in [1.807, 2.05) is 13.8 Å². The summed E-state index contributed by atoms with van der Waals surface area (Å²) >= 11 is 0. The number of hydrogen-bond acceptors (Lipinski definition) is 2. The van der Waals surface area contributed by atoms with Gasteiger partial charge in [0.25, 0.3) is 0 Å². The van der Waals surface area contributed by atoms with Gasteiger partial charge in [0.15, 0.2) is 0 Å². The second-order valence-corrected chi connectivity index (χ2v) is 3.40. The third-order valence-corrected chi connectivity index (χ3v) is 1.57. The van der Waals surface area contributed by atoms with E-state index < -0.39 is 18.1 Å². The Morgan fingerprint density at radius 2 is 1.92 bits per heavy atom. The molecule has 0 saturated carbocycles. The Morgan fingerprint density at radius 1 is 1.46 bits per heavy atom. The molecule has 79 valence electrons. The molecule has 0 rings (SSSR count). The molecule has 4 nitrogen and oxygen atoms in total. The van der Waals surface area contributed by atoms with E-state index in [2.05, 4.69) is 0 Å². The van der Waals surface area contributed by atoms with E-state index in [1.165, 1.54) is 0 Å². The molecule has 0 unspecified atom stereocenters. The van der Waals surface area contributed by atoms with Crippen molar-refractivity contribution in [1.29, 1.82) is 0 Å². The third kappa shape index (κ3) is 8.36. The zero-order valence-electron chi connectivity index (χ0n) is 7.80. The van der Waals surface area contributed by atoms with Crippen LogP contribution in [0.4, 0.5) is 0 Å². The van der Waals surface area contributed by atoms with Crippen LogP contribution in [-0.4, -0.2) is 28.3 Å². The van der Waals surface area contributed by atoms with Crippen LogP contribution in [0.5, 0.6) is 0 Å². The molecule has 0 aromatic heterocycles. The number of nitrogens with one attached hydrogen (secondary N) is 1. The Bertz CT molecular complexity index is 152. The van der Waals surface area contributed by atoms with Crippen molar-refractivity contribution in [3.8, 4) is 0 Å². The van der Waals surface area contributed by atoms with Crippen LogP contribution < -0.4 is 0 Å². The van der Waals surface area contributed by atoms with Gasteiger partial charge in [-0.15, -0.1) is 6.04 Å². The standard InChI is InChI=1S/C8H16NO3.Os/c1-5(2)3-6(9)7(10)4-8(11)12;/h5-7,9-10H,3-4H2,1-2H3,(H,11,12);/q-1;+1/t6-,7-;/m0./s1. The summed E-state index contributed by atoms with van der Waals surface area (Å²) in [5.74, 6) is -0.737. The summed E-state index contributed by atoms with van der Waals surface area (Å²) in [7, 11) is 0. The first-order valence-corrected chi connectivity index (χ1v) is 4.04. The van der Waals surface area contributed by atoms with Crippen LogP contribution in [0.2, 0.25) is 0 Å². The molecule has 1 radical (unpaired) electrons. The molecule has 0 amide bonds. The minimum absolute atomic E-state index is 0. The summed E-state index contributed by atoms with van der Waals surface area (Å²) in [6, 6.07) is -0.680. The van der Waals surface area contributed by atoms with Gasteiger partial charge in [0.2, 0.25) is 0 Å². The van der Waals surface area contributed by atoms with Crippen molar-refractivity contribution in [2.75, 3.05) is 0 Å². The van der Waals surface area contributed by atoms with E-state index in [-0.39, 0.29) is 26.2 Å². The Balaban J connectivity index is 0. The second kappa shape index (κ2) is 7.43. The topological polar surface area (TPSA) is 81.3 Å². The molecule has 0 aliphatic rings. The van der Waals surface area contributed by atoms with E-state index in [9.17, 15) is 4.79 Å². The fourth-order valence-corrected chi connectivity index (χ4v) is 0.986. The first kappa shape index (κ1) is 15.5. The normalized spacial score (nSPS) is 14.8. The molecule has 0 aromatic carbocycles. The molecule has 2 atom stereocenters. The molecule has 3 N–H and O–H groups in total. The Hall–Kier alpha value is 0.0264. The van der Waals surface area contributed by atoms with Crippen LogP contribution in [0.25, 0.3) is 5.73 Å². The Morgan fingerprint density at radius 3 is 2.23 bits per heavy atom. The average Bonchev–Trinajstić information content (AvgIpc) is 1.84. The first-order valence-electron chi connectivity index (χ1n) is 4.04. The summed E-state index contributed by atoms with van der Waals surface area (Å²) in [5.41, 5.74) is 7.39. The van der Waals surface area contributed by atoms with E-state index in [1.54, 1.807) is 0 Å². The van der Waals surface area contributed by atoms with E-state index >= 15 is 0 Å². The Kier molecular flexibility index (Phi) is 8.86. The predicted molar refractivity (Wildman–Crippen MR) is 45.8 cm³/mol. The Labute approximate surface area is 91.6 Å². The molecule has 0 aromatic rings. The summed E-state index contributed by atoms with van der Waals surface area (Å²) in [6.07, 6.45) is -0.833. The van der Waals surface area contributed by atoms with Gasteiger partial charge < -0.3 is 15.9 Å². The van der Waals surface area contributed by atoms with Crippen LogP contribution in [0.3, 0.4) is 0 Å². The number of carbonyl (C=O) groups is 1. The van der Waals surface area contributed by atoms with Crippen LogP contribution in [0, 0.1) is 5.92 Å². The van der Waals surface area contributed by atoms with E-state index in [4.69, 9.17) is 15.9 Å². The fraction of sp³-hybridized carbons (Fsp3) is 0.875. The second-order valence-electron chi connectivity index (χ2n) is 3.40. The number of hydrogen-bond donors (Lipinski definition) is 2. The van der Waals surface area contributed by atoms with E-state index in [0.29, 0.717) is 12.3 Å². The summed E-state index contributed by atoms with van der Waals surface area (Å²) in [6.45, 7) is 3.88. The molecule has 0 aliphatic carbocycles. The quantitative estimate of drug-likeness (QED) is 0.771. The number of aliphatic carboxylic acids is 1. The van der Waals surface area contributed by atoms with Gasteiger partial charge in [0.1, 0.15) is 0 Å². The van der Waals surface area contributed by atoms with Gasteiger partial charge in [0.05, 0.1) is 6.42 Å². The van der Waals surface area contributed by atoms with Crippen molar-refractivity contribution in [3.63, 3.8) is 0 Å². The average molecular weight is 364 g/mol. The summed E-state index contributed by atoms with van der Waals surface area (Å²) in [5, 5.41) is 17.5. The number of carboxylic acids is 1. The number of aliphatic hydroxyl groups is 1. The molecule has 0 heterocycles. The van der Waals surface area contributed by atoms with Crippen molar-refractivity contribution in [2.24, 2.45) is 5.92 Å². The van der Waals surface area contributed by atoms with Crippen LogP contribution in [0.1, 0.15) is 26.7 Å². The molecule has 5 heteroatoms. The minimum atomic E-state index is -1.05. The van der Waals surface area contributed by atoms with Gasteiger partial charge in [0, 0.05) is 6.10 Å². The maximum atomic E-state index is 10.2. The first-order chi connectivity index (χ1) is 5.43. The van der Waals surface area contributed by atoms with Crippen LogP contribution >= 0.6 is 0 Å². The van der Waals surface area contributed by atoms with Crippen molar-refractivity contribution in [3.05, 3.63) is 5.73 Å². The van der Waals surface area contributed by atoms with Gasteiger partial charge in [-0.3, -0.25) is 4.79 Å². The maximum Gasteiger partial charge on any atom is 1.00 e. The number of rotatable bonds is 5. The van der Waals surface area contributed by atoms with Crippen LogP contribution in [-0.2, 0) is 24.6 Å². The predicted octanol–water partition coefficient (Wildman–Crippen LogP) is 1.29. The molecular weight excluding hydrogens is 348 g/mol. The van der Waals surface area contributed by atoms with Gasteiger partial charge in [-0.25, -0.2) is 0 Å². The molecule has 13 heavy (non-hydrogen) atoms.